The second kappa shape index (κ2) is 10.6. The number of fused-ring (bicyclic) bond motifs is 1. The number of H-pyrrole nitrogens is 1. The van der Waals surface area contributed by atoms with E-state index in [9.17, 15) is 14.4 Å². The highest BCUT2D eigenvalue weighted by atomic mass is 16.2. The number of hydrogen-bond acceptors (Lipinski definition) is 6. The van der Waals surface area contributed by atoms with E-state index in [0.29, 0.717) is 23.5 Å². The Bertz CT molecular complexity index is 1590. The predicted octanol–water partition coefficient (Wildman–Crippen LogP) is 2.02. The molecular formula is C28H27N7O3. The maximum Gasteiger partial charge on any atom is 0.263 e. The topological polar surface area (TPSA) is 150 Å². The summed E-state index contributed by atoms with van der Waals surface area (Å²) >= 11 is 0. The highest BCUT2D eigenvalue weighted by Gasteiger charge is 2.27. The SMILES string of the molecule is N=C(C1=C(N)CN(C(=O)CCNC(=O)c2cccn(Cc3cccnc3)c2=O)C1)c1cc2ccccc2[nH]1. The van der Waals surface area contributed by atoms with Crippen molar-refractivity contribution in [2.45, 2.75) is 13.0 Å². The summed E-state index contributed by atoms with van der Waals surface area (Å²) in [7, 11) is 0. The van der Waals surface area contributed by atoms with Gasteiger partial charge in [0.2, 0.25) is 5.91 Å². The van der Waals surface area contributed by atoms with Crippen LogP contribution in [-0.2, 0) is 11.3 Å². The Morgan fingerprint density at radius 2 is 1.95 bits per heavy atom. The third kappa shape index (κ3) is 5.10. The van der Waals surface area contributed by atoms with Crippen molar-refractivity contribution < 1.29 is 9.59 Å². The molecule has 192 valence electrons. The zero-order valence-corrected chi connectivity index (χ0v) is 20.6. The van der Waals surface area contributed by atoms with Crippen molar-refractivity contribution in [3.05, 3.63) is 112 Å². The summed E-state index contributed by atoms with van der Waals surface area (Å²) in [5.74, 6) is -0.738. The quantitative estimate of drug-likeness (QED) is 0.268. The number of amides is 2. The maximum atomic E-state index is 12.8. The molecule has 1 aromatic carbocycles. The normalized spacial score (nSPS) is 13.2. The average molecular weight is 510 g/mol. The molecule has 0 radical (unpaired) electrons. The van der Waals surface area contributed by atoms with E-state index in [1.807, 2.05) is 36.4 Å². The van der Waals surface area contributed by atoms with Gasteiger partial charge in [0, 0.05) is 53.7 Å². The minimum absolute atomic E-state index is 0.00462. The summed E-state index contributed by atoms with van der Waals surface area (Å²) < 4.78 is 1.44. The number of nitrogens with two attached hydrogens (primary N) is 1. The van der Waals surface area contributed by atoms with Gasteiger partial charge in [0.25, 0.3) is 11.5 Å². The number of aromatic amines is 1. The van der Waals surface area contributed by atoms with Gasteiger partial charge >= 0.3 is 0 Å². The van der Waals surface area contributed by atoms with Crippen molar-refractivity contribution in [3.63, 3.8) is 0 Å². The van der Waals surface area contributed by atoms with Gasteiger partial charge in [-0.25, -0.2) is 0 Å². The number of para-hydroxylation sites is 1. The Kier molecular flexibility index (Phi) is 6.86. The molecule has 0 saturated heterocycles. The van der Waals surface area contributed by atoms with Gasteiger partial charge in [-0.15, -0.1) is 0 Å². The monoisotopic (exact) mass is 509 g/mol. The predicted molar refractivity (Wildman–Crippen MR) is 144 cm³/mol. The summed E-state index contributed by atoms with van der Waals surface area (Å²) in [4.78, 5) is 47.1. The van der Waals surface area contributed by atoms with Crippen LogP contribution in [0.2, 0.25) is 0 Å². The average Bonchev–Trinajstić information content (AvgIpc) is 3.54. The van der Waals surface area contributed by atoms with Crippen molar-refractivity contribution in [1.29, 1.82) is 5.41 Å². The van der Waals surface area contributed by atoms with Gasteiger partial charge in [-0.05, 0) is 35.9 Å². The van der Waals surface area contributed by atoms with Crippen molar-refractivity contribution in [3.8, 4) is 0 Å². The van der Waals surface area contributed by atoms with Crippen LogP contribution in [0, 0.1) is 5.41 Å². The molecule has 5 rings (SSSR count). The first kappa shape index (κ1) is 24.7. The second-order valence-corrected chi connectivity index (χ2v) is 9.12. The molecule has 3 aromatic heterocycles. The fourth-order valence-corrected chi connectivity index (χ4v) is 4.49. The van der Waals surface area contributed by atoms with Crippen LogP contribution in [0.25, 0.3) is 10.9 Å². The van der Waals surface area contributed by atoms with E-state index in [4.69, 9.17) is 11.1 Å². The molecule has 0 spiro atoms. The Hall–Kier alpha value is -4.99. The third-order valence-electron chi connectivity index (χ3n) is 6.52. The molecule has 1 aliphatic heterocycles. The molecule has 10 heteroatoms. The van der Waals surface area contributed by atoms with Gasteiger partial charge in [-0.1, -0.05) is 24.3 Å². The fourth-order valence-electron chi connectivity index (χ4n) is 4.49. The van der Waals surface area contributed by atoms with E-state index in [2.05, 4.69) is 15.3 Å². The zero-order chi connectivity index (χ0) is 26.6. The van der Waals surface area contributed by atoms with Gasteiger partial charge in [0.1, 0.15) is 5.56 Å². The van der Waals surface area contributed by atoms with Gasteiger partial charge in [-0.2, -0.15) is 0 Å². The van der Waals surface area contributed by atoms with E-state index < -0.39 is 11.5 Å². The van der Waals surface area contributed by atoms with Crippen molar-refractivity contribution in [2.75, 3.05) is 19.6 Å². The third-order valence-corrected chi connectivity index (χ3v) is 6.52. The summed E-state index contributed by atoms with van der Waals surface area (Å²) in [6.07, 6.45) is 4.98. The number of carbonyl (C=O) groups is 2. The van der Waals surface area contributed by atoms with Crippen LogP contribution in [0.3, 0.4) is 0 Å². The van der Waals surface area contributed by atoms with E-state index in [-0.39, 0.29) is 43.2 Å². The first-order valence-corrected chi connectivity index (χ1v) is 12.2. The first-order chi connectivity index (χ1) is 18.4. The van der Waals surface area contributed by atoms with Crippen LogP contribution in [-0.4, -0.2) is 56.6 Å². The molecule has 2 amide bonds. The highest BCUT2D eigenvalue weighted by Crippen LogP contribution is 2.22. The fraction of sp³-hybridized carbons (Fsp3) is 0.179. The molecule has 0 atom stereocenters. The summed E-state index contributed by atoms with van der Waals surface area (Å²) in [6, 6.07) is 16.4. The minimum atomic E-state index is -0.538. The smallest absolute Gasteiger partial charge is 0.263 e. The van der Waals surface area contributed by atoms with E-state index in [0.717, 1.165) is 16.5 Å². The molecule has 0 unspecified atom stereocenters. The van der Waals surface area contributed by atoms with Crippen LogP contribution in [0.15, 0.2) is 89.3 Å². The van der Waals surface area contributed by atoms with Crippen LogP contribution in [0.4, 0.5) is 0 Å². The maximum absolute atomic E-state index is 12.8. The molecule has 5 N–H and O–H groups in total. The lowest BCUT2D eigenvalue weighted by atomic mass is 10.1. The van der Waals surface area contributed by atoms with Gasteiger partial charge in [-0.3, -0.25) is 24.8 Å². The number of carbonyl (C=O) groups excluding carboxylic acids is 2. The van der Waals surface area contributed by atoms with Crippen LogP contribution in [0.5, 0.6) is 0 Å². The molecule has 0 bridgehead atoms. The lowest BCUT2D eigenvalue weighted by Crippen LogP contribution is -2.36. The first-order valence-electron chi connectivity index (χ1n) is 12.2. The molecule has 0 saturated carbocycles. The number of benzene rings is 1. The van der Waals surface area contributed by atoms with Crippen molar-refractivity contribution in [1.82, 2.24) is 24.8 Å². The molecule has 0 fully saturated rings. The second-order valence-electron chi connectivity index (χ2n) is 9.12. The largest absolute Gasteiger partial charge is 0.400 e. The lowest BCUT2D eigenvalue weighted by molar-refractivity contribution is -0.129. The number of rotatable bonds is 8. The van der Waals surface area contributed by atoms with E-state index in [1.165, 1.54) is 10.6 Å². The Morgan fingerprint density at radius 1 is 1.11 bits per heavy atom. The molecule has 0 aliphatic carbocycles. The van der Waals surface area contributed by atoms with Crippen LogP contribution in [0.1, 0.15) is 28.0 Å². The molecule has 4 aromatic rings. The minimum Gasteiger partial charge on any atom is -0.400 e. The van der Waals surface area contributed by atoms with Gasteiger partial charge < -0.3 is 25.5 Å². The summed E-state index contributed by atoms with van der Waals surface area (Å²) in [5.41, 5.74) is 9.53. The standard InChI is InChI=1S/C28H27N7O3/c29-22-17-35(16-21(22)26(30)24-13-19-6-1-2-8-23(19)33-24)25(36)9-11-32-27(37)20-7-4-12-34(28(20)38)15-18-5-3-10-31-14-18/h1-8,10,12-14,30,33H,9,11,15-17,29H2,(H,32,37). The number of pyridine rings is 2. The number of nitrogens with one attached hydrogen (secondary N) is 3. The molecular weight excluding hydrogens is 482 g/mol. The molecule has 1 aliphatic rings. The van der Waals surface area contributed by atoms with E-state index in [1.54, 1.807) is 35.6 Å². The lowest BCUT2D eigenvalue weighted by Gasteiger charge is -2.16. The summed E-state index contributed by atoms with van der Waals surface area (Å²) in [6.45, 7) is 0.818. The summed E-state index contributed by atoms with van der Waals surface area (Å²) in [5, 5.41) is 12.3. The number of aromatic nitrogens is 3. The zero-order valence-electron chi connectivity index (χ0n) is 20.6. The Labute approximate surface area is 218 Å². The van der Waals surface area contributed by atoms with Crippen molar-refractivity contribution >= 4 is 28.4 Å². The number of hydrogen-bond donors (Lipinski definition) is 4. The van der Waals surface area contributed by atoms with Crippen LogP contribution >= 0.6 is 0 Å². The number of nitrogens with zero attached hydrogens (tertiary/aromatic N) is 3. The van der Waals surface area contributed by atoms with Crippen LogP contribution < -0.4 is 16.6 Å². The molecule has 10 nitrogen and oxygen atoms in total. The Balaban J connectivity index is 1.16. The highest BCUT2D eigenvalue weighted by molar-refractivity contribution is 6.12. The van der Waals surface area contributed by atoms with Gasteiger partial charge in [0.05, 0.1) is 31.0 Å². The molecule has 38 heavy (non-hydrogen) atoms. The molecule has 4 heterocycles. The van der Waals surface area contributed by atoms with Crippen molar-refractivity contribution in [2.24, 2.45) is 5.73 Å². The van der Waals surface area contributed by atoms with E-state index >= 15 is 0 Å². The Morgan fingerprint density at radius 3 is 2.74 bits per heavy atom. The van der Waals surface area contributed by atoms with Gasteiger partial charge in [0.15, 0.2) is 0 Å².